The number of carbonyl (C=O) groups excluding carboxylic acids is 1. The molecule has 0 bridgehead atoms. The molecule has 3 heterocycles. The second kappa shape index (κ2) is 7.82. The van der Waals surface area contributed by atoms with Crippen molar-refractivity contribution in [2.45, 2.75) is 19.3 Å². The van der Waals surface area contributed by atoms with Crippen LogP contribution in [0.2, 0.25) is 0 Å². The second-order valence-corrected chi connectivity index (χ2v) is 9.75. The van der Waals surface area contributed by atoms with Gasteiger partial charge in [-0.15, -0.1) is 8.78 Å². The molecule has 0 aliphatic carbocycles. The Hall–Kier alpha value is -3.61. The van der Waals surface area contributed by atoms with Gasteiger partial charge in [0.05, 0.1) is 17.9 Å². The van der Waals surface area contributed by atoms with Crippen LogP contribution in [-0.4, -0.2) is 48.7 Å². The van der Waals surface area contributed by atoms with E-state index in [1.165, 1.54) is 47.9 Å². The quantitative estimate of drug-likeness (QED) is 0.616. The SMILES string of the molecule is C[C@H](NC(=O)c1ccc2c(c1)OC(F)(F)O2)c1ncnn1-c1ccc(N=S(C)(C)=O)cn1. The molecule has 1 atom stereocenters. The van der Waals surface area contributed by atoms with Crippen molar-refractivity contribution in [3.05, 3.63) is 54.2 Å². The van der Waals surface area contributed by atoms with Crippen LogP contribution in [0.3, 0.4) is 0 Å². The largest absolute Gasteiger partial charge is 0.586 e. The first-order chi connectivity index (χ1) is 15.0. The van der Waals surface area contributed by atoms with Crippen LogP contribution in [0.15, 0.2) is 47.2 Å². The molecule has 168 valence electrons. The fraction of sp³-hybridized carbons (Fsp3) is 0.263. The van der Waals surface area contributed by atoms with E-state index in [0.717, 1.165) is 0 Å². The molecule has 0 radical (unpaired) electrons. The van der Waals surface area contributed by atoms with Gasteiger partial charge >= 0.3 is 6.29 Å². The fourth-order valence-corrected chi connectivity index (χ4v) is 3.58. The summed E-state index contributed by atoms with van der Waals surface area (Å²) in [6.07, 6.45) is 2.05. The third-order valence-corrected chi connectivity index (χ3v) is 4.90. The molecule has 3 aromatic rings. The maximum Gasteiger partial charge on any atom is 0.586 e. The average molecular weight is 464 g/mol. The zero-order valence-electron chi connectivity index (χ0n) is 17.2. The Balaban J connectivity index is 1.51. The van der Waals surface area contributed by atoms with Gasteiger partial charge in [-0.25, -0.2) is 14.2 Å². The molecule has 1 amide bonds. The predicted molar refractivity (Wildman–Crippen MR) is 110 cm³/mol. The second-order valence-electron chi connectivity index (χ2n) is 7.20. The highest BCUT2D eigenvalue weighted by Crippen LogP contribution is 2.41. The van der Waals surface area contributed by atoms with Crippen molar-refractivity contribution in [1.82, 2.24) is 25.1 Å². The number of amides is 1. The Kier molecular flexibility index (Phi) is 5.28. The summed E-state index contributed by atoms with van der Waals surface area (Å²) in [5.41, 5.74) is 0.565. The van der Waals surface area contributed by atoms with Crippen molar-refractivity contribution in [3.63, 3.8) is 0 Å². The average Bonchev–Trinajstić information content (AvgIpc) is 3.29. The highest BCUT2D eigenvalue weighted by Gasteiger charge is 2.43. The van der Waals surface area contributed by atoms with Crippen LogP contribution in [0.4, 0.5) is 14.5 Å². The van der Waals surface area contributed by atoms with Crippen molar-refractivity contribution >= 4 is 21.3 Å². The number of aromatic nitrogens is 4. The maximum absolute atomic E-state index is 13.2. The molecular formula is C19H18F2N6O4S. The molecule has 4 rings (SSSR count). The van der Waals surface area contributed by atoms with Gasteiger partial charge in [0.15, 0.2) is 23.1 Å². The van der Waals surface area contributed by atoms with Crippen LogP contribution >= 0.6 is 0 Å². The van der Waals surface area contributed by atoms with E-state index in [-0.39, 0.29) is 17.1 Å². The molecule has 1 aromatic carbocycles. The van der Waals surface area contributed by atoms with E-state index in [9.17, 15) is 17.8 Å². The number of fused-ring (bicyclic) bond motifs is 1. The number of pyridine rings is 1. The zero-order valence-corrected chi connectivity index (χ0v) is 18.0. The van der Waals surface area contributed by atoms with Crippen LogP contribution in [0, 0.1) is 0 Å². The number of hydrogen-bond acceptors (Lipinski definition) is 8. The summed E-state index contributed by atoms with van der Waals surface area (Å²) in [6.45, 7) is 1.69. The van der Waals surface area contributed by atoms with E-state index in [2.05, 4.69) is 34.2 Å². The van der Waals surface area contributed by atoms with Gasteiger partial charge < -0.3 is 14.8 Å². The smallest absolute Gasteiger partial charge is 0.395 e. The lowest BCUT2D eigenvalue weighted by Gasteiger charge is -2.14. The third kappa shape index (κ3) is 4.66. The van der Waals surface area contributed by atoms with E-state index in [4.69, 9.17) is 0 Å². The molecule has 0 saturated carbocycles. The Morgan fingerprint density at radius 1 is 1.19 bits per heavy atom. The van der Waals surface area contributed by atoms with Crippen LogP contribution < -0.4 is 14.8 Å². The number of nitrogens with zero attached hydrogens (tertiary/aromatic N) is 5. The Morgan fingerprint density at radius 2 is 1.94 bits per heavy atom. The summed E-state index contributed by atoms with van der Waals surface area (Å²) < 4.78 is 52.4. The lowest BCUT2D eigenvalue weighted by molar-refractivity contribution is -0.286. The minimum Gasteiger partial charge on any atom is -0.395 e. The standard InChI is InChI=1S/C19H18F2N6O4S/c1-11(25-18(28)12-4-6-14-15(8-12)31-19(20,21)30-14)17-23-10-24-27(17)16-7-5-13(9-22-16)26-32(2,3)29/h4-11H,1-3H3,(H,25,28)/t11-/m0/s1. The van der Waals surface area contributed by atoms with E-state index >= 15 is 0 Å². The monoisotopic (exact) mass is 464 g/mol. The van der Waals surface area contributed by atoms with Gasteiger partial charge in [0, 0.05) is 27.8 Å². The third-order valence-electron chi connectivity index (χ3n) is 4.25. The normalized spacial score (nSPS) is 15.3. The summed E-state index contributed by atoms with van der Waals surface area (Å²) in [5, 5.41) is 6.87. The Morgan fingerprint density at radius 3 is 2.62 bits per heavy atom. The number of hydrogen-bond donors (Lipinski definition) is 1. The van der Waals surface area contributed by atoms with Crippen LogP contribution in [0.5, 0.6) is 11.5 Å². The van der Waals surface area contributed by atoms with Crippen LogP contribution in [0.25, 0.3) is 5.82 Å². The summed E-state index contributed by atoms with van der Waals surface area (Å²) in [4.78, 5) is 21.1. The van der Waals surface area contributed by atoms with Crippen molar-refractivity contribution in [2.75, 3.05) is 12.5 Å². The summed E-state index contributed by atoms with van der Waals surface area (Å²) in [5.74, 6) is -0.102. The molecule has 32 heavy (non-hydrogen) atoms. The minimum absolute atomic E-state index is 0.106. The van der Waals surface area contributed by atoms with Gasteiger partial charge in [0.25, 0.3) is 5.91 Å². The first kappa shape index (κ1) is 21.6. The van der Waals surface area contributed by atoms with Crippen molar-refractivity contribution in [3.8, 4) is 17.3 Å². The lowest BCUT2D eigenvalue weighted by Crippen LogP contribution is -2.28. The van der Waals surface area contributed by atoms with Crippen LogP contribution in [0.1, 0.15) is 29.1 Å². The summed E-state index contributed by atoms with van der Waals surface area (Å²) in [6, 6.07) is 6.43. The summed E-state index contributed by atoms with van der Waals surface area (Å²) in [7, 11) is -2.32. The molecule has 0 fully saturated rings. The molecule has 1 aliphatic rings. The number of halogens is 2. The number of benzene rings is 1. The van der Waals surface area contributed by atoms with E-state index in [0.29, 0.717) is 17.3 Å². The Labute approximate surface area is 181 Å². The number of carbonyl (C=O) groups is 1. The molecule has 1 aliphatic heterocycles. The molecule has 10 nitrogen and oxygen atoms in total. The topological polar surface area (TPSA) is 121 Å². The molecular weight excluding hydrogens is 446 g/mol. The molecule has 1 N–H and O–H groups in total. The van der Waals surface area contributed by atoms with Gasteiger partial charge in [0.2, 0.25) is 0 Å². The minimum atomic E-state index is -3.76. The maximum atomic E-state index is 13.2. The zero-order chi connectivity index (χ0) is 23.1. The van der Waals surface area contributed by atoms with Gasteiger partial charge in [0.1, 0.15) is 6.33 Å². The van der Waals surface area contributed by atoms with Crippen LogP contribution in [-0.2, 0) is 9.73 Å². The predicted octanol–water partition coefficient (Wildman–Crippen LogP) is 2.83. The Bertz CT molecular complexity index is 1290. The lowest BCUT2D eigenvalue weighted by atomic mass is 10.1. The van der Waals surface area contributed by atoms with Crippen molar-refractivity contribution in [2.24, 2.45) is 4.36 Å². The molecule has 13 heteroatoms. The molecule has 0 saturated heterocycles. The van der Waals surface area contributed by atoms with Gasteiger partial charge in [-0.05, 0) is 37.3 Å². The number of rotatable bonds is 5. The van der Waals surface area contributed by atoms with E-state index in [1.807, 2.05) is 0 Å². The first-order valence-corrected chi connectivity index (χ1v) is 11.6. The van der Waals surface area contributed by atoms with Gasteiger partial charge in [-0.2, -0.15) is 14.1 Å². The molecule has 0 spiro atoms. The highest BCUT2D eigenvalue weighted by molar-refractivity contribution is 7.92. The summed E-state index contributed by atoms with van der Waals surface area (Å²) >= 11 is 0. The molecule has 0 unspecified atom stereocenters. The van der Waals surface area contributed by atoms with Gasteiger partial charge in [-0.3, -0.25) is 4.79 Å². The molecule has 2 aromatic heterocycles. The van der Waals surface area contributed by atoms with E-state index < -0.39 is 28.0 Å². The van der Waals surface area contributed by atoms with E-state index in [1.54, 1.807) is 19.1 Å². The fourth-order valence-electron chi connectivity index (χ4n) is 2.97. The highest BCUT2D eigenvalue weighted by atomic mass is 32.2. The van der Waals surface area contributed by atoms with Gasteiger partial charge in [-0.1, -0.05) is 0 Å². The number of nitrogens with one attached hydrogen (secondary N) is 1. The van der Waals surface area contributed by atoms with Crippen molar-refractivity contribution in [1.29, 1.82) is 0 Å². The first-order valence-electron chi connectivity index (χ1n) is 9.25. The van der Waals surface area contributed by atoms with Crippen molar-refractivity contribution < 1.29 is 27.3 Å². The number of ether oxygens (including phenoxy) is 2. The number of alkyl halides is 2.